The number of benzene rings is 1. The van der Waals surface area contributed by atoms with Gasteiger partial charge in [-0.05, 0) is 24.1 Å². The first-order chi connectivity index (χ1) is 6.54. The highest BCUT2D eigenvalue weighted by Crippen LogP contribution is 2.25. The molecule has 0 bridgehead atoms. The topological polar surface area (TPSA) is 9.23 Å². The van der Waals surface area contributed by atoms with Crippen LogP contribution in [0.2, 0.25) is 0 Å². The summed E-state index contributed by atoms with van der Waals surface area (Å²) in [7, 11) is 0. The molecule has 0 spiro atoms. The van der Waals surface area contributed by atoms with Crippen molar-refractivity contribution in [3.8, 4) is 5.75 Å². The number of hydrogen-bond donors (Lipinski definition) is 0. The van der Waals surface area contributed by atoms with Crippen LogP contribution >= 0.6 is 0 Å². The fourth-order valence-electron chi connectivity index (χ4n) is 1.02. The Bertz CT molecular complexity index is 302. The Hall–Kier alpha value is -1.26. The molecule has 5 heteroatoms. The lowest BCUT2D eigenvalue weighted by atomic mass is 10.1. The molecule has 14 heavy (non-hydrogen) atoms. The van der Waals surface area contributed by atoms with Crippen molar-refractivity contribution in [2.45, 2.75) is 20.0 Å². The second-order valence-corrected chi connectivity index (χ2v) is 2.62. The first kappa shape index (κ1) is 10.8. The molecule has 0 saturated heterocycles. The molecule has 0 radical (unpaired) electrons. The third-order valence-corrected chi connectivity index (χ3v) is 1.67. The molecule has 1 nitrogen and oxygen atoms in total. The fraction of sp³-hybridized carbons (Fsp3) is 0.333. The maximum Gasteiger partial charge on any atom is 0.387 e. The zero-order valence-corrected chi connectivity index (χ0v) is 7.36. The summed E-state index contributed by atoms with van der Waals surface area (Å²) in [5.74, 6) is -3.25. The van der Waals surface area contributed by atoms with Crippen LogP contribution in [0.1, 0.15) is 12.5 Å². The van der Waals surface area contributed by atoms with Crippen LogP contribution in [0.5, 0.6) is 5.75 Å². The Kier molecular flexibility index (Phi) is 3.33. The van der Waals surface area contributed by atoms with Gasteiger partial charge in [0.15, 0.2) is 17.4 Å². The van der Waals surface area contributed by atoms with Gasteiger partial charge in [-0.2, -0.15) is 8.78 Å². The smallest absolute Gasteiger partial charge is 0.387 e. The normalized spacial score (nSPS) is 10.7. The minimum Gasteiger partial charge on any atom is -0.429 e. The Morgan fingerprint density at radius 1 is 1.21 bits per heavy atom. The van der Waals surface area contributed by atoms with Crippen LogP contribution in [0.25, 0.3) is 0 Å². The van der Waals surface area contributed by atoms with Crippen molar-refractivity contribution in [1.82, 2.24) is 0 Å². The molecule has 0 aliphatic heterocycles. The van der Waals surface area contributed by atoms with Gasteiger partial charge in [-0.15, -0.1) is 0 Å². The van der Waals surface area contributed by atoms with E-state index in [1.54, 1.807) is 6.92 Å². The van der Waals surface area contributed by atoms with E-state index in [4.69, 9.17) is 0 Å². The molecule has 1 aromatic rings. The number of halogens is 4. The molecule has 78 valence electrons. The van der Waals surface area contributed by atoms with Gasteiger partial charge in [-0.3, -0.25) is 0 Å². The van der Waals surface area contributed by atoms with Gasteiger partial charge in [0.1, 0.15) is 0 Å². The predicted octanol–water partition coefficient (Wildman–Crippen LogP) is 3.13. The van der Waals surface area contributed by atoms with Crippen LogP contribution in [0.15, 0.2) is 12.1 Å². The molecule has 1 aromatic carbocycles. The number of rotatable bonds is 3. The molecule has 0 aliphatic rings. The number of ether oxygens (including phenoxy) is 1. The van der Waals surface area contributed by atoms with Gasteiger partial charge in [0.05, 0.1) is 0 Å². The molecule has 0 N–H and O–H groups in total. The highest BCUT2D eigenvalue weighted by Gasteiger charge is 2.16. The van der Waals surface area contributed by atoms with E-state index in [1.165, 1.54) is 0 Å². The second kappa shape index (κ2) is 4.30. The summed E-state index contributed by atoms with van der Waals surface area (Å²) in [6.45, 7) is -1.53. The first-order valence-corrected chi connectivity index (χ1v) is 3.97. The predicted molar refractivity (Wildman–Crippen MR) is 42.4 cm³/mol. The average molecular weight is 208 g/mol. The van der Waals surface area contributed by atoms with Crippen LogP contribution in [0.4, 0.5) is 17.6 Å². The van der Waals surface area contributed by atoms with E-state index >= 15 is 0 Å². The summed E-state index contributed by atoms with van der Waals surface area (Å²) in [5.41, 5.74) is 0.390. The molecule has 1 rings (SSSR count). The van der Waals surface area contributed by atoms with Crippen molar-refractivity contribution >= 4 is 0 Å². The van der Waals surface area contributed by atoms with Gasteiger partial charge in [0.2, 0.25) is 0 Å². The molecule has 0 fully saturated rings. The van der Waals surface area contributed by atoms with Gasteiger partial charge in [0.25, 0.3) is 0 Å². The van der Waals surface area contributed by atoms with Crippen LogP contribution in [0, 0.1) is 11.6 Å². The summed E-state index contributed by atoms with van der Waals surface area (Å²) in [6, 6.07) is 1.95. The molecular formula is C9H8F4O. The van der Waals surface area contributed by atoms with Crippen molar-refractivity contribution in [2.75, 3.05) is 0 Å². The van der Waals surface area contributed by atoms with E-state index in [2.05, 4.69) is 4.74 Å². The highest BCUT2D eigenvalue weighted by atomic mass is 19.3. The summed E-state index contributed by atoms with van der Waals surface area (Å²) in [5, 5.41) is 0. The number of alkyl halides is 2. The standard InChI is InChI=1S/C9H8F4O/c1-2-5-3-6(10)8(7(11)4-5)14-9(12)13/h3-4,9H,2H2,1H3. The average Bonchev–Trinajstić information content (AvgIpc) is 2.10. The van der Waals surface area contributed by atoms with Gasteiger partial charge >= 0.3 is 6.61 Å². The van der Waals surface area contributed by atoms with Crippen molar-refractivity contribution < 1.29 is 22.3 Å². The van der Waals surface area contributed by atoms with Crippen LogP contribution in [0.3, 0.4) is 0 Å². The van der Waals surface area contributed by atoms with E-state index in [0.29, 0.717) is 12.0 Å². The van der Waals surface area contributed by atoms with Crippen molar-refractivity contribution in [3.63, 3.8) is 0 Å². The number of hydrogen-bond acceptors (Lipinski definition) is 1. The first-order valence-electron chi connectivity index (χ1n) is 3.97. The van der Waals surface area contributed by atoms with Crippen LogP contribution in [-0.4, -0.2) is 6.61 Å². The summed E-state index contributed by atoms with van der Waals surface area (Å²) >= 11 is 0. The lowest BCUT2D eigenvalue weighted by molar-refractivity contribution is -0.0546. The molecule has 0 heterocycles. The maximum atomic E-state index is 13.0. The fourth-order valence-corrected chi connectivity index (χ4v) is 1.02. The molecular weight excluding hydrogens is 200 g/mol. The van der Waals surface area contributed by atoms with Gasteiger partial charge in [0, 0.05) is 0 Å². The van der Waals surface area contributed by atoms with Crippen molar-refractivity contribution in [3.05, 3.63) is 29.3 Å². The quantitative estimate of drug-likeness (QED) is 0.693. The van der Waals surface area contributed by atoms with E-state index in [9.17, 15) is 17.6 Å². The third kappa shape index (κ3) is 2.37. The summed E-state index contributed by atoms with van der Waals surface area (Å²) < 4.78 is 53.0. The minimum atomic E-state index is -3.23. The van der Waals surface area contributed by atoms with Crippen molar-refractivity contribution in [2.24, 2.45) is 0 Å². The number of aryl methyl sites for hydroxylation is 1. The van der Waals surface area contributed by atoms with E-state index in [1.807, 2.05) is 0 Å². The molecule has 0 unspecified atom stereocenters. The molecule has 0 amide bonds. The monoisotopic (exact) mass is 208 g/mol. The molecule has 0 aromatic heterocycles. The Morgan fingerprint density at radius 3 is 2.07 bits per heavy atom. The minimum absolute atomic E-state index is 0.390. The van der Waals surface area contributed by atoms with Gasteiger partial charge in [-0.25, -0.2) is 8.78 Å². The third-order valence-electron chi connectivity index (χ3n) is 1.67. The summed E-state index contributed by atoms with van der Waals surface area (Å²) in [4.78, 5) is 0. The SMILES string of the molecule is CCc1cc(F)c(OC(F)F)c(F)c1. The second-order valence-electron chi connectivity index (χ2n) is 2.62. The van der Waals surface area contributed by atoms with E-state index < -0.39 is 24.0 Å². The Labute approximate surface area is 78.3 Å². The van der Waals surface area contributed by atoms with Crippen LogP contribution < -0.4 is 4.74 Å². The Balaban J connectivity index is 3.05. The lowest BCUT2D eigenvalue weighted by Gasteiger charge is -2.07. The molecule has 0 saturated carbocycles. The van der Waals surface area contributed by atoms with E-state index in [-0.39, 0.29) is 0 Å². The summed E-state index contributed by atoms with van der Waals surface area (Å²) in [6.07, 6.45) is 0.419. The van der Waals surface area contributed by atoms with Gasteiger partial charge < -0.3 is 4.74 Å². The van der Waals surface area contributed by atoms with Gasteiger partial charge in [-0.1, -0.05) is 6.92 Å². The molecule has 0 atom stereocenters. The lowest BCUT2D eigenvalue weighted by Crippen LogP contribution is -2.06. The zero-order chi connectivity index (χ0) is 10.7. The van der Waals surface area contributed by atoms with E-state index in [0.717, 1.165) is 12.1 Å². The zero-order valence-electron chi connectivity index (χ0n) is 7.36. The van der Waals surface area contributed by atoms with Crippen LogP contribution in [-0.2, 0) is 6.42 Å². The largest absolute Gasteiger partial charge is 0.429 e. The highest BCUT2D eigenvalue weighted by molar-refractivity contribution is 5.31. The molecule has 0 aliphatic carbocycles. The maximum absolute atomic E-state index is 13.0. The van der Waals surface area contributed by atoms with Crippen molar-refractivity contribution in [1.29, 1.82) is 0 Å². The Morgan fingerprint density at radius 2 is 1.71 bits per heavy atom.